The number of piperidine rings is 1. The van der Waals surface area contributed by atoms with Gasteiger partial charge in [0.25, 0.3) is 5.91 Å². The zero-order valence-electron chi connectivity index (χ0n) is 14.9. The molecule has 3 amide bonds. The second-order valence-electron chi connectivity index (χ2n) is 6.75. The molecule has 2 saturated heterocycles. The zero-order valence-corrected chi connectivity index (χ0v) is 14.9. The standard InChI is InChI=1S/C19H25N3O4/c23-17(21-10-4-5-11-21)14-26-18(24)15-8-12-22(13-9-15)19(25)20-16-6-2-1-3-7-16/h1-3,6-7,15H,4-5,8-14H2,(H,20,25). The van der Waals surface area contributed by atoms with E-state index in [2.05, 4.69) is 5.32 Å². The van der Waals surface area contributed by atoms with Crippen LogP contribution in [0.1, 0.15) is 25.7 Å². The van der Waals surface area contributed by atoms with Crippen LogP contribution in [0.25, 0.3) is 0 Å². The molecule has 2 fully saturated rings. The third-order valence-electron chi connectivity index (χ3n) is 4.94. The summed E-state index contributed by atoms with van der Waals surface area (Å²) < 4.78 is 5.20. The number of amides is 3. The molecule has 0 unspecified atom stereocenters. The van der Waals surface area contributed by atoms with E-state index in [1.807, 2.05) is 30.3 Å². The van der Waals surface area contributed by atoms with E-state index in [4.69, 9.17) is 4.74 Å². The number of hydrogen-bond acceptors (Lipinski definition) is 4. The summed E-state index contributed by atoms with van der Waals surface area (Å²) in [5.74, 6) is -0.696. The Hall–Kier alpha value is -2.57. The summed E-state index contributed by atoms with van der Waals surface area (Å²) in [5, 5.41) is 2.85. The average molecular weight is 359 g/mol. The first-order chi connectivity index (χ1) is 12.6. The molecule has 1 aromatic rings. The van der Waals surface area contributed by atoms with E-state index in [9.17, 15) is 14.4 Å². The molecule has 1 aromatic carbocycles. The van der Waals surface area contributed by atoms with Crippen molar-refractivity contribution < 1.29 is 19.1 Å². The number of benzene rings is 1. The summed E-state index contributed by atoms with van der Waals surface area (Å²) >= 11 is 0. The molecule has 0 spiro atoms. The monoisotopic (exact) mass is 359 g/mol. The Morgan fingerprint density at radius 3 is 2.27 bits per heavy atom. The number of para-hydroxylation sites is 1. The lowest BCUT2D eigenvalue weighted by Crippen LogP contribution is -2.43. The molecule has 7 nitrogen and oxygen atoms in total. The minimum Gasteiger partial charge on any atom is -0.455 e. The molecule has 2 heterocycles. The van der Waals surface area contributed by atoms with Gasteiger partial charge in [-0.1, -0.05) is 18.2 Å². The number of nitrogens with one attached hydrogen (secondary N) is 1. The summed E-state index contributed by atoms with van der Waals surface area (Å²) in [4.78, 5) is 39.8. The normalized spacial score (nSPS) is 17.8. The first kappa shape index (κ1) is 18.2. The van der Waals surface area contributed by atoms with Gasteiger partial charge in [0.1, 0.15) is 0 Å². The van der Waals surface area contributed by atoms with Crippen molar-refractivity contribution in [3.8, 4) is 0 Å². The van der Waals surface area contributed by atoms with E-state index in [0.717, 1.165) is 31.6 Å². The highest BCUT2D eigenvalue weighted by Crippen LogP contribution is 2.20. The number of carbonyl (C=O) groups excluding carboxylic acids is 3. The van der Waals surface area contributed by atoms with Gasteiger partial charge < -0.3 is 19.9 Å². The number of anilines is 1. The van der Waals surface area contributed by atoms with Gasteiger partial charge in [0.2, 0.25) is 0 Å². The van der Waals surface area contributed by atoms with E-state index < -0.39 is 0 Å². The molecule has 1 N–H and O–H groups in total. The van der Waals surface area contributed by atoms with Crippen LogP contribution in [0.15, 0.2) is 30.3 Å². The molecule has 0 atom stereocenters. The molecule has 0 radical (unpaired) electrons. The van der Waals surface area contributed by atoms with Gasteiger partial charge in [0, 0.05) is 31.9 Å². The van der Waals surface area contributed by atoms with Crippen molar-refractivity contribution in [2.45, 2.75) is 25.7 Å². The Balaban J connectivity index is 1.39. The summed E-state index contributed by atoms with van der Waals surface area (Å²) in [6.07, 6.45) is 3.14. The second kappa shape index (κ2) is 8.69. The van der Waals surface area contributed by atoms with Crippen LogP contribution in [0.5, 0.6) is 0 Å². The van der Waals surface area contributed by atoms with Crippen LogP contribution in [-0.4, -0.2) is 60.5 Å². The van der Waals surface area contributed by atoms with Crippen LogP contribution in [0, 0.1) is 5.92 Å². The molecular formula is C19H25N3O4. The number of likely N-dealkylation sites (tertiary alicyclic amines) is 2. The number of carbonyl (C=O) groups is 3. The number of hydrogen-bond donors (Lipinski definition) is 1. The fraction of sp³-hybridized carbons (Fsp3) is 0.526. The van der Waals surface area contributed by atoms with Crippen molar-refractivity contribution >= 4 is 23.6 Å². The van der Waals surface area contributed by atoms with Gasteiger partial charge >= 0.3 is 12.0 Å². The van der Waals surface area contributed by atoms with Gasteiger partial charge in [-0.15, -0.1) is 0 Å². The Labute approximate surface area is 153 Å². The van der Waals surface area contributed by atoms with E-state index >= 15 is 0 Å². The predicted octanol–water partition coefficient (Wildman–Crippen LogP) is 2.10. The minimum absolute atomic E-state index is 0.115. The molecular weight excluding hydrogens is 334 g/mol. The van der Waals surface area contributed by atoms with Crippen LogP contribution in [0.3, 0.4) is 0 Å². The lowest BCUT2D eigenvalue weighted by Gasteiger charge is -2.31. The van der Waals surface area contributed by atoms with Gasteiger partial charge in [-0.05, 0) is 37.8 Å². The zero-order chi connectivity index (χ0) is 18.4. The first-order valence-electron chi connectivity index (χ1n) is 9.19. The lowest BCUT2D eigenvalue weighted by atomic mass is 9.97. The van der Waals surface area contributed by atoms with Crippen molar-refractivity contribution in [2.75, 3.05) is 38.1 Å². The smallest absolute Gasteiger partial charge is 0.321 e. The van der Waals surface area contributed by atoms with Crippen molar-refractivity contribution in [3.05, 3.63) is 30.3 Å². The van der Waals surface area contributed by atoms with Crippen LogP contribution in [0.2, 0.25) is 0 Å². The maximum atomic E-state index is 12.3. The summed E-state index contributed by atoms with van der Waals surface area (Å²) in [7, 11) is 0. The Morgan fingerprint density at radius 1 is 0.962 bits per heavy atom. The second-order valence-corrected chi connectivity index (χ2v) is 6.75. The van der Waals surface area contributed by atoms with E-state index in [1.165, 1.54) is 0 Å². The Kier molecular flexibility index (Phi) is 6.09. The van der Waals surface area contributed by atoms with Gasteiger partial charge in [-0.25, -0.2) is 4.79 Å². The number of nitrogens with zero attached hydrogens (tertiary/aromatic N) is 2. The SMILES string of the molecule is O=C(OCC(=O)N1CCCC1)C1CCN(C(=O)Nc2ccccc2)CC1. The molecule has 140 valence electrons. The van der Waals surface area contributed by atoms with E-state index in [-0.39, 0.29) is 30.4 Å². The number of rotatable bonds is 4. The molecule has 0 aromatic heterocycles. The molecule has 0 saturated carbocycles. The molecule has 7 heteroatoms. The minimum atomic E-state index is -0.333. The molecule has 2 aliphatic heterocycles. The summed E-state index contributed by atoms with van der Waals surface area (Å²) in [5.41, 5.74) is 0.749. The van der Waals surface area contributed by atoms with Crippen molar-refractivity contribution in [2.24, 2.45) is 5.92 Å². The fourth-order valence-corrected chi connectivity index (χ4v) is 3.35. The summed E-state index contributed by atoms with van der Waals surface area (Å²) in [6.45, 7) is 2.33. The van der Waals surface area contributed by atoms with Crippen LogP contribution in [0.4, 0.5) is 10.5 Å². The van der Waals surface area contributed by atoms with Crippen LogP contribution in [-0.2, 0) is 14.3 Å². The maximum Gasteiger partial charge on any atom is 0.321 e. The molecule has 0 bridgehead atoms. The molecule has 2 aliphatic rings. The fourth-order valence-electron chi connectivity index (χ4n) is 3.35. The third kappa shape index (κ3) is 4.74. The van der Waals surface area contributed by atoms with E-state index in [0.29, 0.717) is 25.9 Å². The average Bonchev–Trinajstić information content (AvgIpc) is 3.21. The van der Waals surface area contributed by atoms with Crippen molar-refractivity contribution in [1.29, 1.82) is 0 Å². The van der Waals surface area contributed by atoms with Crippen molar-refractivity contribution in [3.63, 3.8) is 0 Å². The van der Waals surface area contributed by atoms with Gasteiger partial charge in [-0.2, -0.15) is 0 Å². The predicted molar refractivity (Wildman–Crippen MR) is 96.5 cm³/mol. The highest BCUT2D eigenvalue weighted by molar-refractivity contribution is 5.89. The highest BCUT2D eigenvalue weighted by Gasteiger charge is 2.29. The largest absolute Gasteiger partial charge is 0.455 e. The third-order valence-corrected chi connectivity index (χ3v) is 4.94. The number of esters is 1. The maximum absolute atomic E-state index is 12.3. The Bertz CT molecular complexity index is 635. The highest BCUT2D eigenvalue weighted by atomic mass is 16.5. The molecule has 0 aliphatic carbocycles. The Morgan fingerprint density at radius 2 is 1.62 bits per heavy atom. The molecule has 3 rings (SSSR count). The van der Waals surface area contributed by atoms with E-state index in [1.54, 1.807) is 9.80 Å². The quantitative estimate of drug-likeness (QED) is 0.835. The molecule has 26 heavy (non-hydrogen) atoms. The van der Waals surface area contributed by atoms with Crippen LogP contribution >= 0.6 is 0 Å². The van der Waals surface area contributed by atoms with Gasteiger partial charge in [0.05, 0.1) is 5.92 Å². The first-order valence-corrected chi connectivity index (χ1v) is 9.19. The summed E-state index contributed by atoms with van der Waals surface area (Å²) in [6, 6.07) is 9.12. The topological polar surface area (TPSA) is 79.0 Å². The number of ether oxygens (including phenoxy) is 1. The van der Waals surface area contributed by atoms with Crippen molar-refractivity contribution in [1.82, 2.24) is 9.80 Å². The van der Waals surface area contributed by atoms with Gasteiger partial charge in [-0.3, -0.25) is 9.59 Å². The lowest BCUT2D eigenvalue weighted by molar-refractivity contribution is -0.156. The van der Waals surface area contributed by atoms with Gasteiger partial charge in [0.15, 0.2) is 6.61 Å². The number of urea groups is 1. The van der Waals surface area contributed by atoms with Crippen LogP contribution < -0.4 is 5.32 Å².